The molecule has 0 aliphatic carbocycles. The molecule has 1 heterocycles. The number of hydrogen-bond donors (Lipinski definition) is 2. The maximum absolute atomic E-state index is 12.3. The van der Waals surface area contributed by atoms with Crippen molar-refractivity contribution in [3.05, 3.63) is 58.1 Å². The molecule has 0 aromatic heterocycles. The highest BCUT2D eigenvalue weighted by atomic mass is 35.5. The van der Waals surface area contributed by atoms with E-state index in [0.29, 0.717) is 28.0 Å². The van der Waals surface area contributed by atoms with Gasteiger partial charge in [-0.25, -0.2) is 0 Å². The summed E-state index contributed by atoms with van der Waals surface area (Å²) >= 11 is 11.8. The Labute approximate surface area is 173 Å². The van der Waals surface area contributed by atoms with Gasteiger partial charge in [0.25, 0.3) is 5.91 Å². The zero-order chi connectivity index (χ0) is 20.1. The summed E-state index contributed by atoms with van der Waals surface area (Å²) in [5.74, 6) is -0.153. The molecule has 28 heavy (non-hydrogen) atoms. The number of carbonyl (C=O) groups excluding carboxylic acids is 2. The first kappa shape index (κ1) is 20.5. The summed E-state index contributed by atoms with van der Waals surface area (Å²) in [5.41, 5.74) is 7.09. The molecule has 0 radical (unpaired) electrons. The second-order valence-corrected chi connectivity index (χ2v) is 7.42. The monoisotopic (exact) mass is 421 g/mol. The number of benzene rings is 2. The molecule has 1 aliphatic rings. The van der Waals surface area contributed by atoms with Gasteiger partial charge in [0, 0.05) is 18.3 Å². The number of carbonyl (C=O) groups is 2. The van der Waals surface area contributed by atoms with Crippen LogP contribution in [0, 0.1) is 0 Å². The topological polar surface area (TPSA) is 84.7 Å². The normalized spacial score (nSPS) is 16.7. The van der Waals surface area contributed by atoms with Crippen molar-refractivity contribution >= 4 is 40.7 Å². The van der Waals surface area contributed by atoms with Crippen molar-refractivity contribution in [2.45, 2.75) is 25.4 Å². The predicted octanol–water partition coefficient (Wildman–Crippen LogP) is 3.46. The van der Waals surface area contributed by atoms with Crippen molar-refractivity contribution in [3.8, 4) is 5.75 Å². The summed E-state index contributed by atoms with van der Waals surface area (Å²) in [4.78, 5) is 26.0. The first-order valence-corrected chi connectivity index (χ1v) is 9.68. The molecule has 0 spiro atoms. The summed E-state index contributed by atoms with van der Waals surface area (Å²) in [6.07, 6.45) is 1.70. The van der Waals surface area contributed by atoms with Gasteiger partial charge in [-0.1, -0.05) is 41.4 Å². The lowest BCUT2D eigenvalue weighted by Gasteiger charge is -2.23. The average molecular weight is 422 g/mol. The van der Waals surface area contributed by atoms with Crippen LogP contribution in [0.15, 0.2) is 42.5 Å². The summed E-state index contributed by atoms with van der Waals surface area (Å²) < 4.78 is 5.47. The van der Waals surface area contributed by atoms with E-state index in [0.717, 1.165) is 24.9 Å². The van der Waals surface area contributed by atoms with E-state index in [1.807, 2.05) is 29.2 Å². The van der Waals surface area contributed by atoms with Crippen LogP contribution in [0.5, 0.6) is 5.75 Å². The highest BCUT2D eigenvalue weighted by Crippen LogP contribution is 2.26. The molecule has 1 aliphatic heterocycles. The third-order valence-corrected chi connectivity index (χ3v) is 5.36. The molecular weight excluding hydrogens is 401 g/mol. The van der Waals surface area contributed by atoms with E-state index < -0.39 is 0 Å². The van der Waals surface area contributed by atoms with Gasteiger partial charge < -0.3 is 15.8 Å². The van der Waals surface area contributed by atoms with Crippen LogP contribution in [0.4, 0.5) is 5.69 Å². The maximum Gasteiger partial charge on any atom is 0.262 e. The first-order chi connectivity index (χ1) is 13.4. The number of primary amides is 1. The number of rotatable bonds is 7. The van der Waals surface area contributed by atoms with Gasteiger partial charge >= 0.3 is 0 Å². The SMILES string of the molecule is NC(=O)C1CCCN1Cc1ccccc1NC(=O)COc1ccc(Cl)c(Cl)c1. The lowest BCUT2D eigenvalue weighted by molar-refractivity contribution is -0.122. The zero-order valence-electron chi connectivity index (χ0n) is 15.2. The third-order valence-electron chi connectivity index (χ3n) is 4.62. The van der Waals surface area contributed by atoms with Crippen LogP contribution < -0.4 is 15.8 Å². The number of nitrogens with zero attached hydrogens (tertiary/aromatic N) is 1. The Bertz CT molecular complexity index is 876. The van der Waals surface area contributed by atoms with Crippen LogP contribution in [0.1, 0.15) is 18.4 Å². The molecule has 1 unspecified atom stereocenters. The van der Waals surface area contributed by atoms with Crippen molar-refractivity contribution in [3.63, 3.8) is 0 Å². The summed E-state index contributed by atoms with van der Waals surface area (Å²) in [5, 5.41) is 3.64. The molecule has 3 rings (SSSR count). The van der Waals surface area contributed by atoms with Gasteiger partial charge in [-0.15, -0.1) is 0 Å². The smallest absolute Gasteiger partial charge is 0.262 e. The van der Waals surface area contributed by atoms with Gasteiger partial charge in [0.05, 0.1) is 16.1 Å². The number of para-hydroxylation sites is 1. The molecule has 1 saturated heterocycles. The molecule has 0 bridgehead atoms. The van der Waals surface area contributed by atoms with Crippen molar-refractivity contribution < 1.29 is 14.3 Å². The minimum absolute atomic E-state index is 0.167. The number of nitrogens with two attached hydrogens (primary N) is 1. The Morgan fingerprint density at radius 3 is 2.71 bits per heavy atom. The molecule has 0 saturated carbocycles. The number of nitrogens with one attached hydrogen (secondary N) is 1. The quantitative estimate of drug-likeness (QED) is 0.716. The number of likely N-dealkylation sites (tertiary alicyclic amines) is 1. The number of ether oxygens (including phenoxy) is 1. The van der Waals surface area contributed by atoms with Gasteiger partial charge in [-0.05, 0) is 43.1 Å². The minimum atomic E-state index is -0.311. The van der Waals surface area contributed by atoms with E-state index in [-0.39, 0.29) is 24.5 Å². The molecule has 3 N–H and O–H groups in total. The van der Waals surface area contributed by atoms with Crippen LogP contribution >= 0.6 is 23.2 Å². The molecule has 2 aromatic carbocycles. The Morgan fingerprint density at radius 1 is 1.18 bits per heavy atom. The predicted molar refractivity (Wildman–Crippen MR) is 110 cm³/mol. The van der Waals surface area contributed by atoms with E-state index >= 15 is 0 Å². The molecule has 1 fully saturated rings. The van der Waals surface area contributed by atoms with Crippen LogP contribution in [0.25, 0.3) is 0 Å². The van der Waals surface area contributed by atoms with Crippen LogP contribution in [0.3, 0.4) is 0 Å². The van der Waals surface area contributed by atoms with Crippen LogP contribution in [-0.2, 0) is 16.1 Å². The van der Waals surface area contributed by atoms with Gasteiger partial charge in [-0.3, -0.25) is 14.5 Å². The second kappa shape index (κ2) is 9.28. The molecule has 1 atom stereocenters. The summed E-state index contributed by atoms with van der Waals surface area (Å²) in [6, 6.07) is 12.0. The standard InChI is InChI=1S/C20H21Cl2N3O3/c21-15-8-7-14(10-16(15)22)28-12-19(26)24-17-5-2-1-4-13(17)11-25-9-3-6-18(25)20(23)27/h1-2,4-5,7-8,10,18H,3,6,9,11-12H2,(H2,23,27)(H,24,26). The zero-order valence-corrected chi connectivity index (χ0v) is 16.7. The second-order valence-electron chi connectivity index (χ2n) is 6.60. The Morgan fingerprint density at radius 2 is 1.96 bits per heavy atom. The third kappa shape index (κ3) is 5.16. The number of halogens is 2. The van der Waals surface area contributed by atoms with Gasteiger partial charge in [0.15, 0.2) is 6.61 Å². The Kier molecular flexibility index (Phi) is 6.78. The van der Waals surface area contributed by atoms with E-state index in [1.165, 1.54) is 0 Å². The fourth-order valence-corrected chi connectivity index (χ4v) is 3.53. The molecule has 6 nitrogen and oxygen atoms in total. The van der Waals surface area contributed by atoms with E-state index in [4.69, 9.17) is 33.7 Å². The van der Waals surface area contributed by atoms with E-state index in [2.05, 4.69) is 5.32 Å². The van der Waals surface area contributed by atoms with Crippen molar-refractivity contribution in [1.29, 1.82) is 0 Å². The number of amides is 2. The van der Waals surface area contributed by atoms with Crippen molar-refractivity contribution in [1.82, 2.24) is 4.90 Å². The number of hydrogen-bond acceptors (Lipinski definition) is 4. The molecular formula is C20H21Cl2N3O3. The maximum atomic E-state index is 12.3. The summed E-state index contributed by atoms with van der Waals surface area (Å²) in [6.45, 7) is 1.17. The van der Waals surface area contributed by atoms with E-state index in [9.17, 15) is 9.59 Å². The van der Waals surface area contributed by atoms with Crippen molar-refractivity contribution in [2.75, 3.05) is 18.5 Å². The van der Waals surface area contributed by atoms with Gasteiger partial charge in [0.1, 0.15) is 5.75 Å². The fraction of sp³-hybridized carbons (Fsp3) is 0.300. The van der Waals surface area contributed by atoms with Crippen LogP contribution in [0.2, 0.25) is 10.0 Å². The van der Waals surface area contributed by atoms with Crippen LogP contribution in [-0.4, -0.2) is 35.9 Å². The highest BCUT2D eigenvalue weighted by molar-refractivity contribution is 6.42. The molecule has 2 aromatic rings. The number of anilines is 1. The fourth-order valence-electron chi connectivity index (χ4n) is 3.24. The Hall–Kier alpha value is -2.28. The summed E-state index contributed by atoms with van der Waals surface area (Å²) in [7, 11) is 0. The molecule has 148 valence electrons. The molecule has 2 amide bonds. The minimum Gasteiger partial charge on any atom is -0.484 e. The lowest BCUT2D eigenvalue weighted by Crippen LogP contribution is -2.39. The van der Waals surface area contributed by atoms with Crippen molar-refractivity contribution in [2.24, 2.45) is 5.73 Å². The average Bonchev–Trinajstić information content (AvgIpc) is 3.13. The molecule has 8 heteroatoms. The lowest BCUT2D eigenvalue weighted by atomic mass is 10.1. The first-order valence-electron chi connectivity index (χ1n) is 8.93. The largest absolute Gasteiger partial charge is 0.484 e. The van der Waals surface area contributed by atoms with Gasteiger partial charge in [-0.2, -0.15) is 0 Å². The Balaban J connectivity index is 1.61. The van der Waals surface area contributed by atoms with E-state index in [1.54, 1.807) is 18.2 Å². The van der Waals surface area contributed by atoms with Gasteiger partial charge in [0.2, 0.25) is 5.91 Å². The highest BCUT2D eigenvalue weighted by Gasteiger charge is 2.29.